The van der Waals surface area contributed by atoms with Crippen molar-refractivity contribution in [3.63, 3.8) is 0 Å². The van der Waals surface area contributed by atoms with E-state index in [9.17, 15) is 22.4 Å². The summed E-state index contributed by atoms with van der Waals surface area (Å²) in [6.07, 6.45) is 0.375. The highest BCUT2D eigenvalue weighted by Gasteiger charge is 2.29. The highest BCUT2D eigenvalue weighted by molar-refractivity contribution is 7.88. The molecule has 136 valence electrons. The lowest BCUT2D eigenvalue weighted by Gasteiger charge is -2.26. The summed E-state index contributed by atoms with van der Waals surface area (Å²) in [6.45, 7) is 1.37. The van der Waals surface area contributed by atoms with E-state index in [1.165, 1.54) is 22.5 Å². The van der Waals surface area contributed by atoms with Gasteiger partial charge in [-0.3, -0.25) is 9.59 Å². The lowest BCUT2D eigenvalue weighted by atomic mass is 10.0. The zero-order valence-corrected chi connectivity index (χ0v) is 14.4. The third-order valence-electron chi connectivity index (χ3n) is 4.50. The summed E-state index contributed by atoms with van der Waals surface area (Å²) in [5, 5.41) is 5.48. The van der Waals surface area contributed by atoms with Crippen LogP contribution in [0.1, 0.15) is 18.4 Å². The molecule has 0 aromatic heterocycles. The van der Waals surface area contributed by atoms with Gasteiger partial charge in [0.15, 0.2) is 5.82 Å². The number of benzene rings is 1. The zero-order valence-electron chi connectivity index (χ0n) is 13.6. The van der Waals surface area contributed by atoms with E-state index in [0.717, 1.165) is 0 Å². The van der Waals surface area contributed by atoms with Crippen LogP contribution in [0.4, 0.5) is 10.1 Å². The maximum Gasteiger partial charge on any atom is 0.230 e. The fraction of sp³-hybridized carbons (Fsp3) is 0.500. The molecule has 2 aliphatic heterocycles. The maximum absolute atomic E-state index is 14.6. The second kappa shape index (κ2) is 7.19. The lowest BCUT2D eigenvalue weighted by Crippen LogP contribution is -2.48. The number of nitrogens with zero attached hydrogens (tertiary/aromatic N) is 1. The van der Waals surface area contributed by atoms with Crippen molar-refractivity contribution in [1.82, 2.24) is 9.62 Å². The van der Waals surface area contributed by atoms with Crippen molar-refractivity contribution in [1.29, 1.82) is 0 Å². The number of amides is 1. The van der Waals surface area contributed by atoms with Crippen LogP contribution in [0.2, 0.25) is 0 Å². The van der Waals surface area contributed by atoms with Gasteiger partial charge in [0.1, 0.15) is 5.78 Å². The first-order valence-electron chi connectivity index (χ1n) is 8.15. The second-order valence-electron chi connectivity index (χ2n) is 6.32. The molecule has 9 heteroatoms. The van der Waals surface area contributed by atoms with Crippen LogP contribution in [-0.2, 0) is 25.4 Å². The zero-order chi connectivity index (χ0) is 18.0. The predicted octanol–water partition coefficient (Wildman–Crippen LogP) is 0.478. The molecular weight excluding hydrogens is 349 g/mol. The number of sulfonamides is 1. The molecule has 0 bridgehead atoms. The summed E-state index contributed by atoms with van der Waals surface area (Å²) >= 11 is 0. The van der Waals surface area contributed by atoms with Gasteiger partial charge in [0.2, 0.25) is 15.9 Å². The minimum Gasteiger partial charge on any atom is -0.323 e. The first-order valence-corrected chi connectivity index (χ1v) is 9.76. The molecule has 0 saturated carbocycles. The van der Waals surface area contributed by atoms with Crippen LogP contribution in [0.15, 0.2) is 18.2 Å². The molecule has 2 fully saturated rings. The number of carbonyl (C=O) groups excluding carboxylic acids is 2. The van der Waals surface area contributed by atoms with Crippen molar-refractivity contribution in [2.24, 2.45) is 5.92 Å². The van der Waals surface area contributed by atoms with Crippen LogP contribution in [0, 0.1) is 11.7 Å². The van der Waals surface area contributed by atoms with Gasteiger partial charge in [-0.1, -0.05) is 12.1 Å². The Bertz CT molecular complexity index is 783. The summed E-state index contributed by atoms with van der Waals surface area (Å²) < 4.78 is 40.8. The minimum atomic E-state index is -3.72. The van der Waals surface area contributed by atoms with Gasteiger partial charge in [-0.25, -0.2) is 17.1 Å². The molecule has 0 spiro atoms. The molecule has 2 heterocycles. The van der Waals surface area contributed by atoms with Gasteiger partial charge in [-0.05, 0) is 6.07 Å². The molecule has 0 aliphatic carbocycles. The largest absolute Gasteiger partial charge is 0.323 e. The SMILES string of the molecule is O=C1CCN(S(=O)(=O)Cc2cccc(NC(=O)C3CNC3)c2F)CC1. The number of hydrogen-bond acceptors (Lipinski definition) is 5. The third-order valence-corrected chi connectivity index (χ3v) is 6.33. The Morgan fingerprint density at radius 1 is 1.28 bits per heavy atom. The third kappa shape index (κ3) is 4.05. The number of anilines is 1. The van der Waals surface area contributed by atoms with Crippen molar-refractivity contribution in [3.8, 4) is 0 Å². The van der Waals surface area contributed by atoms with E-state index < -0.39 is 21.6 Å². The predicted molar refractivity (Wildman–Crippen MR) is 89.8 cm³/mol. The molecule has 3 rings (SSSR count). The fourth-order valence-electron chi connectivity index (χ4n) is 2.80. The van der Waals surface area contributed by atoms with Gasteiger partial charge < -0.3 is 10.6 Å². The standard InChI is InChI=1S/C16H20FN3O4S/c17-15-11(10-25(23,24)20-6-4-13(21)5-7-20)2-1-3-14(15)19-16(22)12-8-18-9-12/h1-3,12,18H,4-10H2,(H,19,22). The van der Waals surface area contributed by atoms with Crippen LogP contribution in [0.5, 0.6) is 0 Å². The Balaban J connectivity index is 1.72. The topological polar surface area (TPSA) is 95.6 Å². The van der Waals surface area contributed by atoms with Crippen LogP contribution >= 0.6 is 0 Å². The monoisotopic (exact) mass is 369 g/mol. The Labute approximate surface area is 145 Å². The molecule has 1 amide bonds. The van der Waals surface area contributed by atoms with Gasteiger partial charge >= 0.3 is 0 Å². The van der Waals surface area contributed by atoms with E-state index >= 15 is 0 Å². The average molecular weight is 369 g/mol. The molecule has 1 aromatic rings. The van der Waals surface area contributed by atoms with E-state index in [2.05, 4.69) is 10.6 Å². The van der Waals surface area contributed by atoms with Crippen molar-refractivity contribution >= 4 is 27.4 Å². The summed E-state index contributed by atoms with van der Waals surface area (Å²) in [6, 6.07) is 4.32. The Kier molecular flexibility index (Phi) is 5.16. The summed E-state index contributed by atoms with van der Waals surface area (Å²) in [4.78, 5) is 23.2. The quantitative estimate of drug-likeness (QED) is 0.787. The van der Waals surface area contributed by atoms with Gasteiger partial charge in [-0.2, -0.15) is 0 Å². The summed E-state index contributed by atoms with van der Waals surface area (Å²) in [7, 11) is -3.72. The van der Waals surface area contributed by atoms with Crippen molar-refractivity contribution < 1.29 is 22.4 Å². The molecule has 0 radical (unpaired) electrons. The van der Waals surface area contributed by atoms with Crippen LogP contribution in [-0.4, -0.2) is 50.6 Å². The van der Waals surface area contributed by atoms with E-state index in [1.807, 2.05) is 0 Å². The molecule has 2 saturated heterocycles. The van der Waals surface area contributed by atoms with Crippen molar-refractivity contribution in [3.05, 3.63) is 29.6 Å². The van der Waals surface area contributed by atoms with E-state index in [1.54, 1.807) is 0 Å². The normalized spacial score (nSPS) is 19.5. The molecule has 2 N–H and O–H groups in total. The minimum absolute atomic E-state index is 0.00133. The number of Topliss-reactive ketones (excluding diaryl/α,β-unsaturated/α-hetero) is 1. The van der Waals surface area contributed by atoms with Crippen molar-refractivity contribution in [2.75, 3.05) is 31.5 Å². The molecule has 0 atom stereocenters. The van der Waals surface area contributed by atoms with E-state index in [-0.39, 0.29) is 54.8 Å². The molecule has 2 aliphatic rings. The Hall–Kier alpha value is -1.84. The number of carbonyl (C=O) groups is 2. The van der Waals surface area contributed by atoms with Gasteiger partial charge in [0, 0.05) is 44.6 Å². The Morgan fingerprint density at radius 2 is 1.96 bits per heavy atom. The molecule has 7 nitrogen and oxygen atoms in total. The first-order chi connectivity index (χ1) is 11.9. The number of piperidine rings is 1. The number of ketones is 1. The number of rotatable bonds is 5. The van der Waals surface area contributed by atoms with Crippen LogP contribution in [0.25, 0.3) is 0 Å². The van der Waals surface area contributed by atoms with Gasteiger partial charge in [0.05, 0.1) is 17.4 Å². The summed E-state index contributed by atoms with van der Waals surface area (Å²) in [5.74, 6) is -1.68. The van der Waals surface area contributed by atoms with Crippen LogP contribution < -0.4 is 10.6 Å². The smallest absolute Gasteiger partial charge is 0.230 e. The number of hydrogen-bond donors (Lipinski definition) is 2. The lowest BCUT2D eigenvalue weighted by molar-refractivity contribution is -0.121. The van der Waals surface area contributed by atoms with Crippen LogP contribution in [0.3, 0.4) is 0 Å². The van der Waals surface area contributed by atoms with Gasteiger partial charge in [0.25, 0.3) is 0 Å². The van der Waals surface area contributed by atoms with Crippen molar-refractivity contribution in [2.45, 2.75) is 18.6 Å². The highest BCUT2D eigenvalue weighted by Crippen LogP contribution is 2.23. The van der Waals surface area contributed by atoms with E-state index in [4.69, 9.17) is 0 Å². The molecule has 25 heavy (non-hydrogen) atoms. The molecule has 0 unspecified atom stereocenters. The molecule has 1 aromatic carbocycles. The average Bonchev–Trinajstić information content (AvgIpc) is 2.50. The highest BCUT2D eigenvalue weighted by atomic mass is 32.2. The fourth-order valence-corrected chi connectivity index (χ4v) is 4.34. The number of nitrogens with one attached hydrogen (secondary N) is 2. The maximum atomic E-state index is 14.6. The first kappa shape index (κ1) is 18.0. The van der Waals surface area contributed by atoms with Gasteiger partial charge in [-0.15, -0.1) is 0 Å². The Morgan fingerprint density at radius 3 is 2.56 bits per heavy atom. The molecular formula is C16H20FN3O4S. The van der Waals surface area contributed by atoms with E-state index in [0.29, 0.717) is 13.1 Å². The number of halogens is 1. The second-order valence-corrected chi connectivity index (χ2v) is 8.29. The summed E-state index contributed by atoms with van der Waals surface area (Å²) in [5.41, 5.74) is -0.0140.